The van der Waals surface area contributed by atoms with Crippen LogP contribution < -0.4 is 15.6 Å². The predicted molar refractivity (Wildman–Crippen MR) is 87.6 cm³/mol. The quantitative estimate of drug-likeness (QED) is 0.902. The molecule has 2 amide bonds. The lowest BCUT2D eigenvalue weighted by molar-refractivity contribution is -0.122. The summed E-state index contributed by atoms with van der Waals surface area (Å²) in [7, 11) is 0. The lowest BCUT2D eigenvalue weighted by Crippen LogP contribution is -2.29. The van der Waals surface area contributed by atoms with E-state index in [9.17, 15) is 14.4 Å². The van der Waals surface area contributed by atoms with Crippen LogP contribution in [0.4, 0.5) is 11.4 Å². The maximum atomic E-state index is 12.3. The van der Waals surface area contributed by atoms with Crippen LogP contribution in [0, 0.1) is 5.92 Å². The highest BCUT2D eigenvalue weighted by atomic mass is 35.5. The molecule has 0 bridgehead atoms. The van der Waals surface area contributed by atoms with Gasteiger partial charge in [-0.05, 0) is 18.2 Å². The molecule has 0 radical (unpaired) electrons. The van der Waals surface area contributed by atoms with Crippen LogP contribution >= 0.6 is 11.6 Å². The highest BCUT2D eigenvalue weighted by Crippen LogP contribution is 2.27. The molecule has 2 heterocycles. The first-order valence-electron chi connectivity index (χ1n) is 7.08. The van der Waals surface area contributed by atoms with Crippen molar-refractivity contribution >= 4 is 34.8 Å². The van der Waals surface area contributed by atoms with Gasteiger partial charge in [-0.2, -0.15) is 0 Å². The highest BCUT2D eigenvalue weighted by Gasteiger charge is 2.35. The number of anilines is 2. The van der Waals surface area contributed by atoms with E-state index in [2.05, 4.69) is 10.3 Å². The summed E-state index contributed by atoms with van der Waals surface area (Å²) in [5, 5.41) is 3.10. The highest BCUT2D eigenvalue weighted by molar-refractivity contribution is 6.31. The van der Waals surface area contributed by atoms with E-state index in [0.717, 1.165) is 0 Å². The van der Waals surface area contributed by atoms with E-state index in [4.69, 9.17) is 11.6 Å². The molecule has 0 aliphatic carbocycles. The normalized spacial score (nSPS) is 17.3. The van der Waals surface area contributed by atoms with E-state index in [0.29, 0.717) is 10.7 Å². The third kappa shape index (κ3) is 3.27. The Morgan fingerprint density at radius 1 is 1.30 bits per heavy atom. The molecule has 6 nitrogen and oxygen atoms in total. The molecular weight excluding hydrogens is 318 g/mol. The molecule has 118 valence electrons. The SMILES string of the molecule is O=C(Nc1c[nH]ccc1=O)[C@@H]1CC(=O)N(c2cccc(Cl)c2)C1. The van der Waals surface area contributed by atoms with Gasteiger partial charge in [0, 0.05) is 42.1 Å². The molecule has 1 saturated heterocycles. The van der Waals surface area contributed by atoms with Crippen LogP contribution in [0.2, 0.25) is 5.02 Å². The number of carbonyl (C=O) groups is 2. The minimum Gasteiger partial charge on any atom is -0.366 e. The smallest absolute Gasteiger partial charge is 0.229 e. The molecule has 23 heavy (non-hydrogen) atoms. The standard InChI is InChI=1S/C16H14ClN3O3/c17-11-2-1-3-12(7-11)20-9-10(6-15(20)22)16(23)19-13-8-18-5-4-14(13)21/h1-5,7-8,10H,6,9H2,(H,18,21)(H,19,23)/t10-/m1/s1. The van der Waals surface area contributed by atoms with Crippen molar-refractivity contribution in [1.82, 2.24) is 4.98 Å². The molecular formula is C16H14ClN3O3. The van der Waals surface area contributed by atoms with E-state index in [1.807, 2.05) is 0 Å². The van der Waals surface area contributed by atoms with E-state index in [1.165, 1.54) is 23.4 Å². The van der Waals surface area contributed by atoms with Gasteiger partial charge in [0.05, 0.1) is 5.92 Å². The van der Waals surface area contributed by atoms with Crippen LogP contribution in [0.1, 0.15) is 6.42 Å². The maximum Gasteiger partial charge on any atom is 0.229 e. The minimum absolute atomic E-state index is 0.100. The van der Waals surface area contributed by atoms with Crippen molar-refractivity contribution in [2.45, 2.75) is 6.42 Å². The predicted octanol–water partition coefficient (Wildman–Crippen LogP) is 2.02. The fourth-order valence-electron chi connectivity index (χ4n) is 2.53. The van der Waals surface area contributed by atoms with Crippen molar-refractivity contribution in [2.75, 3.05) is 16.8 Å². The van der Waals surface area contributed by atoms with Gasteiger partial charge in [-0.25, -0.2) is 0 Å². The zero-order valence-corrected chi connectivity index (χ0v) is 12.8. The Morgan fingerprint density at radius 3 is 2.87 bits per heavy atom. The van der Waals surface area contributed by atoms with Crippen LogP contribution in [0.15, 0.2) is 47.5 Å². The molecule has 0 saturated carbocycles. The number of benzene rings is 1. The zero-order valence-electron chi connectivity index (χ0n) is 12.1. The number of carbonyl (C=O) groups excluding carboxylic acids is 2. The third-order valence-corrected chi connectivity index (χ3v) is 3.93. The second kappa shape index (κ2) is 6.26. The van der Waals surface area contributed by atoms with Crippen LogP contribution in [-0.4, -0.2) is 23.3 Å². The second-order valence-electron chi connectivity index (χ2n) is 5.30. The molecule has 1 atom stereocenters. The molecule has 1 aliphatic rings. The van der Waals surface area contributed by atoms with E-state index < -0.39 is 5.92 Å². The first kappa shape index (κ1) is 15.3. The first-order valence-corrected chi connectivity index (χ1v) is 7.46. The van der Waals surface area contributed by atoms with Crippen LogP contribution in [0.3, 0.4) is 0 Å². The summed E-state index contributed by atoms with van der Waals surface area (Å²) in [5.74, 6) is -1.00. The van der Waals surface area contributed by atoms with Crippen molar-refractivity contribution in [3.8, 4) is 0 Å². The molecule has 1 aromatic carbocycles. The van der Waals surface area contributed by atoms with E-state index >= 15 is 0 Å². The van der Waals surface area contributed by atoms with Crippen LogP contribution in [-0.2, 0) is 9.59 Å². The van der Waals surface area contributed by atoms with Crippen molar-refractivity contribution in [2.24, 2.45) is 5.92 Å². The van der Waals surface area contributed by atoms with Crippen LogP contribution in [0.5, 0.6) is 0 Å². The fourth-order valence-corrected chi connectivity index (χ4v) is 2.71. The average Bonchev–Trinajstić information content (AvgIpc) is 2.92. The maximum absolute atomic E-state index is 12.3. The van der Waals surface area contributed by atoms with Crippen molar-refractivity contribution in [3.05, 3.63) is 58.0 Å². The number of halogens is 1. The number of nitrogens with one attached hydrogen (secondary N) is 2. The van der Waals surface area contributed by atoms with Crippen LogP contribution in [0.25, 0.3) is 0 Å². The molecule has 1 fully saturated rings. The Hall–Kier alpha value is -2.60. The molecule has 2 N–H and O–H groups in total. The molecule has 3 rings (SSSR count). The first-order chi connectivity index (χ1) is 11.0. The van der Waals surface area contributed by atoms with Gasteiger partial charge in [-0.3, -0.25) is 14.4 Å². The summed E-state index contributed by atoms with van der Waals surface area (Å²) in [6.07, 6.45) is 3.01. The number of pyridine rings is 1. The summed E-state index contributed by atoms with van der Waals surface area (Å²) in [5.41, 5.74) is 0.551. The Kier molecular flexibility index (Phi) is 4.16. The number of H-pyrrole nitrogens is 1. The number of amides is 2. The van der Waals surface area contributed by atoms with Crippen molar-refractivity contribution in [3.63, 3.8) is 0 Å². The largest absolute Gasteiger partial charge is 0.366 e. The topological polar surface area (TPSA) is 82.3 Å². The second-order valence-corrected chi connectivity index (χ2v) is 5.73. The van der Waals surface area contributed by atoms with Gasteiger partial charge in [-0.1, -0.05) is 17.7 Å². The van der Waals surface area contributed by atoms with E-state index in [-0.39, 0.29) is 35.9 Å². The van der Waals surface area contributed by atoms with Gasteiger partial charge in [0.15, 0.2) is 0 Å². The van der Waals surface area contributed by atoms with Gasteiger partial charge in [-0.15, -0.1) is 0 Å². The third-order valence-electron chi connectivity index (χ3n) is 3.70. The molecule has 7 heteroatoms. The van der Waals surface area contributed by atoms with Gasteiger partial charge >= 0.3 is 0 Å². The monoisotopic (exact) mass is 331 g/mol. The number of nitrogens with zero attached hydrogens (tertiary/aromatic N) is 1. The molecule has 2 aromatic rings. The van der Waals surface area contributed by atoms with Gasteiger partial charge in [0.1, 0.15) is 5.69 Å². The number of hydrogen-bond donors (Lipinski definition) is 2. The number of aromatic nitrogens is 1. The summed E-state index contributed by atoms with van der Waals surface area (Å²) in [6, 6.07) is 8.25. The lowest BCUT2D eigenvalue weighted by Gasteiger charge is -2.16. The summed E-state index contributed by atoms with van der Waals surface area (Å²) >= 11 is 5.94. The van der Waals surface area contributed by atoms with Gasteiger partial charge in [0.2, 0.25) is 17.2 Å². The molecule has 1 aliphatic heterocycles. The minimum atomic E-state index is -0.513. The Bertz CT molecular complexity index is 818. The summed E-state index contributed by atoms with van der Waals surface area (Å²) < 4.78 is 0. The number of aromatic amines is 1. The van der Waals surface area contributed by atoms with E-state index in [1.54, 1.807) is 24.3 Å². The molecule has 1 aromatic heterocycles. The summed E-state index contributed by atoms with van der Waals surface area (Å²) in [4.78, 5) is 40.3. The Labute approximate surface area is 137 Å². The molecule has 0 spiro atoms. The Morgan fingerprint density at radius 2 is 2.13 bits per heavy atom. The zero-order chi connectivity index (χ0) is 16.4. The van der Waals surface area contributed by atoms with Crippen molar-refractivity contribution < 1.29 is 9.59 Å². The van der Waals surface area contributed by atoms with Gasteiger partial charge in [0.25, 0.3) is 0 Å². The Balaban J connectivity index is 1.73. The average molecular weight is 332 g/mol. The lowest BCUT2D eigenvalue weighted by atomic mass is 10.1. The van der Waals surface area contributed by atoms with Gasteiger partial charge < -0.3 is 15.2 Å². The molecule has 0 unspecified atom stereocenters. The summed E-state index contributed by atoms with van der Waals surface area (Å²) in [6.45, 7) is 0.260. The number of hydrogen-bond acceptors (Lipinski definition) is 3. The number of rotatable bonds is 3. The fraction of sp³-hybridized carbons (Fsp3) is 0.188. The van der Waals surface area contributed by atoms with Crippen molar-refractivity contribution in [1.29, 1.82) is 0 Å².